The second-order valence-corrected chi connectivity index (χ2v) is 3.65. The zero-order valence-electron chi connectivity index (χ0n) is 9.77. The molecule has 0 aromatic heterocycles. The van der Waals surface area contributed by atoms with E-state index in [2.05, 4.69) is 5.32 Å². The van der Waals surface area contributed by atoms with E-state index in [1.807, 2.05) is 25.1 Å². The zero-order chi connectivity index (χ0) is 12.8. The molecule has 0 fully saturated rings. The van der Waals surface area contributed by atoms with E-state index in [1.165, 1.54) is 6.92 Å². The van der Waals surface area contributed by atoms with Crippen molar-refractivity contribution >= 4 is 17.6 Å². The van der Waals surface area contributed by atoms with Crippen LogP contribution in [-0.4, -0.2) is 29.7 Å². The number of carbonyl (C=O) groups excluding carboxylic acids is 1. The average Bonchev–Trinajstić information content (AvgIpc) is 2.29. The van der Waals surface area contributed by atoms with Gasteiger partial charge in [0.25, 0.3) is 0 Å². The number of hydrogen-bond acceptors (Lipinski definition) is 3. The Bertz CT molecular complexity index is 417. The van der Waals surface area contributed by atoms with Crippen molar-refractivity contribution in [2.75, 3.05) is 11.9 Å². The first-order valence-corrected chi connectivity index (χ1v) is 5.20. The number of anilines is 1. The van der Waals surface area contributed by atoms with Crippen LogP contribution in [-0.2, 0) is 14.3 Å². The summed E-state index contributed by atoms with van der Waals surface area (Å²) in [7, 11) is 0. The van der Waals surface area contributed by atoms with Crippen LogP contribution in [0.25, 0.3) is 0 Å². The summed E-state index contributed by atoms with van der Waals surface area (Å²) in [6.07, 6.45) is -0.988. The van der Waals surface area contributed by atoms with Crippen molar-refractivity contribution in [1.82, 2.24) is 0 Å². The van der Waals surface area contributed by atoms with E-state index in [0.29, 0.717) is 5.69 Å². The molecule has 1 atom stereocenters. The van der Waals surface area contributed by atoms with Crippen molar-refractivity contribution in [1.29, 1.82) is 0 Å². The molecule has 92 valence electrons. The number of carbonyl (C=O) groups is 2. The lowest BCUT2D eigenvalue weighted by molar-refractivity contribution is -0.150. The predicted octanol–water partition coefficient (Wildman–Crippen LogP) is 1.42. The molecule has 5 nitrogen and oxygen atoms in total. The van der Waals surface area contributed by atoms with Gasteiger partial charge < -0.3 is 15.2 Å². The monoisotopic (exact) mass is 237 g/mol. The van der Waals surface area contributed by atoms with E-state index < -0.39 is 12.1 Å². The summed E-state index contributed by atoms with van der Waals surface area (Å²) >= 11 is 0. The number of aryl methyl sites for hydroxylation is 1. The number of ether oxygens (including phenoxy) is 1. The Morgan fingerprint density at radius 2 is 2.06 bits per heavy atom. The molecule has 1 aromatic rings. The molecule has 0 aliphatic heterocycles. The van der Waals surface area contributed by atoms with Crippen LogP contribution in [0.1, 0.15) is 12.5 Å². The van der Waals surface area contributed by atoms with Gasteiger partial charge >= 0.3 is 5.97 Å². The molecule has 0 heterocycles. The molecule has 0 saturated heterocycles. The number of carboxylic acids is 1. The van der Waals surface area contributed by atoms with Gasteiger partial charge in [0, 0.05) is 5.69 Å². The number of hydrogen-bond donors (Lipinski definition) is 2. The zero-order valence-corrected chi connectivity index (χ0v) is 9.77. The normalized spacial score (nSPS) is 11.9. The topological polar surface area (TPSA) is 75.6 Å². The third-order valence-electron chi connectivity index (χ3n) is 2.23. The minimum absolute atomic E-state index is 0.276. The van der Waals surface area contributed by atoms with E-state index in [9.17, 15) is 9.59 Å². The summed E-state index contributed by atoms with van der Waals surface area (Å²) in [5.41, 5.74) is 1.64. The molecule has 1 unspecified atom stereocenters. The van der Waals surface area contributed by atoms with Crippen LogP contribution < -0.4 is 5.32 Å². The largest absolute Gasteiger partial charge is 0.479 e. The first-order valence-electron chi connectivity index (χ1n) is 5.20. The maximum atomic E-state index is 11.5. The lowest BCUT2D eigenvalue weighted by Gasteiger charge is -2.10. The number of carboxylic acid groups (broad SMARTS) is 1. The lowest BCUT2D eigenvalue weighted by Crippen LogP contribution is -2.26. The average molecular weight is 237 g/mol. The fraction of sp³-hybridized carbons (Fsp3) is 0.333. The van der Waals surface area contributed by atoms with Gasteiger partial charge in [0.1, 0.15) is 6.61 Å². The van der Waals surface area contributed by atoms with Gasteiger partial charge in [0.2, 0.25) is 5.91 Å². The number of benzene rings is 1. The van der Waals surface area contributed by atoms with Crippen molar-refractivity contribution in [3.63, 3.8) is 0 Å². The molecular formula is C12H15NO4. The van der Waals surface area contributed by atoms with E-state index in [-0.39, 0.29) is 12.5 Å². The second-order valence-electron chi connectivity index (χ2n) is 3.65. The van der Waals surface area contributed by atoms with Crippen molar-refractivity contribution < 1.29 is 19.4 Å². The fourth-order valence-corrected chi connectivity index (χ4v) is 1.17. The highest BCUT2D eigenvalue weighted by Gasteiger charge is 2.13. The van der Waals surface area contributed by atoms with Crippen molar-refractivity contribution in [3.8, 4) is 0 Å². The van der Waals surface area contributed by atoms with E-state index in [0.717, 1.165) is 5.56 Å². The molecule has 2 N–H and O–H groups in total. The Labute approximate surface area is 99.4 Å². The SMILES string of the molecule is Cc1ccccc1NC(=O)COC(C)C(=O)O. The second kappa shape index (κ2) is 6.00. The third-order valence-corrected chi connectivity index (χ3v) is 2.23. The molecular weight excluding hydrogens is 222 g/mol. The molecule has 1 aromatic carbocycles. The Kier molecular flexibility index (Phi) is 4.66. The first kappa shape index (κ1) is 13.2. The smallest absolute Gasteiger partial charge is 0.332 e. The molecule has 1 rings (SSSR count). The highest BCUT2D eigenvalue weighted by atomic mass is 16.5. The quantitative estimate of drug-likeness (QED) is 0.812. The van der Waals surface area contributed by atoms with Gasteiger partial charge in [-0.1, -0.05) is 18.2 Å². The summed E-state index contributed by atoms with van der Waals surface area (Å²) in [6.45, 7) is 2.97. The standard InChI is InChI=1S/C12H15NO4/c1-8-5-3-4-6-10(8)13-11(14)7-17-9(2)12(15)16/h3-6,9H,7H2,1-2H3,(H,13,14)(H,15,16). The number of rotatable bonds is 5. The van der Waals surface area contributed by atoms with Crippen LogP contribution in [0.5, 0.6) is 0 Å². The fourth-order valence-electron chi connectivity index (χ4n) is 1.17. The van der Waals surface area contributed by atoms with Crippen LogP contribution in [0.3, 0.4) is 0 Å². The van der Waals surface area contributed by atoms with Gasteiger partial charge in [-0.15, -0.1) is 0 Å². The predicted molar refractivity (Wildman–Crippen MR) is 62.9 cm³/mol. The maximum absolute atomic E-state index is 11.5. The van der Waals surface area contributed by atoms with Crippen molar-refractivity contribution in [3.05, 3.63) is 29.8 Å². The molecule has 0 aliphatic carbocycles. The van der Waals surface area contributed by atoms with Crippen molar-refractivity contribution in [2.45, 2.75) is 20.0 Å². The first-order chi connectivity index (χ1) is 8.00. The minimum atomic E-state index is -1.09. The lowest BCUT2D eigenvalue weighted by atomic mass is 10.2. The van der Waals surface area contributed by atoms with E-state index in [1.54, 1.807) is 6.07 Å². The summed E-state index contributed by atoms with van der Waals surface area (Å²) < 4.78 is 4.87. The summed E-state index contributed by atoms with van der Waals surface area (Å²) in [4.78, 5) is 21.9. The molecule has 0 saturated carbocycles. The van der Waals surface area contributed by atoms with E-state index in [4.69, 9.17) is 9.84 Å². The number of para-hydroxylation sites is 1. The highest BCUT2D eigenvalue weighted by Crippen LogP contribution is 2.12. The van der Waals surface area contributed by atoms with Gasteiger partial charge in [-0.2, -0.15) is 0 Å². The number of aliphatic carboxylic acids is 1. The van der Waals surface area contributed by atoms with Gasteiger partial charge in [-0.25, -0.2) is 4.79 Å². The van der Waals surface area contributed by atoms with Crippen LogP contribution in [0.2, 0.25) is 0 Å². The van der Waals surface area contributed by atoms with Crippen LogP contribution >= 0.6 is 0 Å². The Hall–Kier alpha value is -1.88. The summed E-state index contributed by atoms with van der Waals surface area (Å²) in [6, 6.07) is 7.32. The minimum Gasteiger partial charge on any atom is -0.479 e. The third kappa shape index (κ3) is 4.24. The molecule has 0 radical (unpaired) electrons. The molecule has 0 bridgehead atoms. The van der Waals surface area contributed by atoms with Gasteiger partial charge in [0.05, 0.1) is 0 Å². The Morgan fingerprint density at radius 3 is 2.65 bits per heavy atom. The van der Waals surface area contributed by atoms with Gasteiger partial charge in [-0.05, 0) is 25.5 Å². The van der Waals surface area contributed by atoms with E-state index >= 15 is 0 Å². The highest BCUT2D eigenvalue weighted by molar-refractivity contribution is 5.92. The number of amides is 1. The van der Waals surface area contributed by atoms with Crippen LogP contribution in [0.15, 0.2) is 24.3 Å². The summed E-state index contributed by atoms with van der Waals surface area (Å²) in [5, 5.41) is 11.2. The summed E-state index contributed by atoms with van der Waals surface area (Å²) in [5.74, 6) is -1.46. The van der Waals surface area contributed by atoms with Crippen molar-refractivity contribution in [2.24, 2.45) is 0 Å². The van der Waals surface area contributed by atoms with Crippen LogP contribution in [0, 0.1) is 6.92 Å². The van der Waals surface area contributed by atoms with Crippen LogP contribution in [0.4, 0.5) is 5.69 Å². The maximum Gasteiger partial charge on any atom is 0.332 e. The Morgan fingerprint density at radius 1 is 1.41 bits per heavy atom. The molecule has 17 heavy (non-hydrogen) atoms. The van der Waals surface area contributed by atoms with Gasteiger partial charge in [0.15, 0.2) is 6.10 Å². The molecule has 5 heteroatoms. The van der Waals surface area contributed by atoms with Gasteiger partial charge in [-0.3, -0.25) is 4.79 Å². The number of nitrogens with one attached hydrogen (secondary N) is 1. The molecule has 0 spiro atoms. The Balaban J connectivity index is 2.46. The molecule has 1 amide bonds. The molecule has 0 aliphatic rings.